The first-order valence-corrected chi connectivity index (χ1v) is 8.30. The van der Waals surface area contributed by atoms with Crippen LogP contribution in [0.5, 0.6) is 5.75 Å². The van der Waals surface area contributed by atoms with Crippen LogP contribution in [0.4, 0.5) is 0 Å². The second-order valence-corrected chi connectivity index (χ2v) is 6.77. The summed E-state index contributed by atoms with van der Waals surface area (Å²) in [7, 11) is 0. The molecule has 0 amide bonds. The summed E-state index contributed by atoms with van der Waals surface area (Å²) in [6.45, 7) is 5.20. The molecule has 106 valence electrons. The van der Waals surface area contributed by atoms with Gasteiger partial charge in [-0.1, -0.05) is 32.0 Å². The number of hydrogen-bond acceptors (Lipinski definition) is 3. The highest BCUT2D eigenvalue weighted by Crippen LogP contribution is 2.36. The molecule has 19 heavy (non-hydrogen) atoms. The Balaban J connectivity index is 1.86. The highest BCUT2D eigenvalue weighted by Gasteiger charge is 2.23. The summed E-state index contributed by atoms with van der Waals surface area (Å²) >= 11 is 1.86. The van der Waals surface area contributed by atoms with Crippen LogP contribution in [-0.4, -0.2) is 29.3 Å². The maximum absolute atomic E-state index is 10.2. The molecule has 1 heterocycles. The van der Waals surface area contributed by atoms with Crippen molar-refractivity contribution in [3.8, 4) is 5.75 Å². The van der Waals surface area contributed by atoms with Gasteiger partial charge in [-0.25, -0.2) is 0 Å². The molecule has 2 unspecified atom stereocenters. The third-order valence-electron chi connectivity index (χ3n) is 3.40. The van der Waals surface area contributed by atoms with E-state index in [-0.39, 0.29) is 6.10 Å². The van der Waals surface area contributed by atoms with Crippen LogP contribution in [0.15, 0.2) is 24.3 Å². The van der Waals surface area contributed by atoms with Gasteiger partial charge >= 0.3 is 0 Å². The normalized spacial score (nSPS) is 19.9. The molecule has 0 spiro atoms. The Morgan fingerprint density at radius 1 is 1.32 bits per heavy atom. The molecule has 0 bridgehead atoms. The third kappa shape index (κ3) is 4.43. The van der Waals surface area contributed by atoms with E-state index in [1.54, 1.807) is 0 Å². The zero-order chi connectivity index (χ0) is 13.7. The molecule has 1 aliphatic rings. The van der Waals surface area contributed by atoms with Crippen LogP contribution in [0.3, 0.4) is 0 Å². The minimum absolute atomic E-state index is 0.208. The molecule has 0 saturated heterocycles. The molecule has 0 radical (unpaired) electrons. The highest BCUT2D eigenvalue weighted by molar-refractivity contribution is 7.99. The van der Waals surface area contributed by atoms with Gasteiger partial charge in [0.1, 0.15) is 5.75 Å². The van der Waals surface area contributed by atoms with Gasteiger partial charge < -0.3 is 9.84 Å². The second kappa shape index (κ2) is 7.20. The van der Waals surface area contributed by atoms with E-state index in [9.17, 15) is 5.11 Å². The number of benzene rings is 1. The molecule has 0 aromatic heterocycles. The molecule has 1 aromatic carbocycles. The van der Waals surface area contributed by atoms with Crippen molar-refractivity contribution in [1.29, 1.82) is 0 Å². The molecule has 0 fully saturated rings. The average molecular weight is 280 g/mol. The quantitative estimate of drug-likeness (QED) is 0.861. The number of aliphatic hydroxyl groups is 1. The average Bonchev–Trinajstić information content (AvgIpc) is 2.39. The predicted molar refractivity (Wildman–Crippen MR) is 82.1 cm³/mol. The van der Waals surface area contributed by atoms with Gasteiger partial charge in [0.2, 0.25) is 0 Å². The van der Waals surface area contributed by atoms with Crippen molar-refractivity contribution in [1.82, 2.24) is 0 Å². The van der Waals surface area contributed by atoms with Gasteiger partial charge in [0, 0.05) is 5.75 Å². The van der Waals surface area contributed by atoms with E-state index < -0.39 is 0 Å². The summed E-state index contributed by atoms with van der Waals surface area (Å²) in [6, 6.07) is 8.23. The van der Waals surface area contributed by atoms with Gasteiger partial charge in [-0.3, -0.25) is 0 Å². The topological polar surface area (TPSA) is 29.5 Å². The summed E-state index contributed by atoms with van der Waals surface area (Å²) in [4.78, 5) is 0. The molecule has 0 aliphatic carbocycles. The number of hydrogen-bond donors (Lipinski definition) is 1. The van der Waals surface area contributed by atoms with E-state index in [0.29, 0.717) is 11.8 Å². The molecule has 1 N–H and O–H groups in total. The fourth-order valence-electron chi connectivity index (χ4n) is 2.50. The molecule has 1 aromatic rings. The molecule has 2 rings (SSSR count). The third-order valence-corrected chi connectivity index (χ3v) is 4.92. The minimum Gasteiger partial charge on any atom is -0.493 e. The van der Waals surface area contributed by atoms with Gasteiger partial charge in [0.05, 0.1) is 12.7 Å². The van der Waals surface area contributed by atoms with Gasteiger partial charge in [0.25, 0.3) is 0 Å². The minimum atomic E-state index is -0.208. The Bertz CT molecular complexity index is 392. The Hall–Kier alpha value is -0.670. The van der Waals surface area contributed by atoms with E-state index >= 15 is 0 Å². The number of ether oxygens (including phenoxy) is 1. The van der Waals surface area contributed by atoms with Crippen LogP contribution in [0.2, 0.25) is 0 Å². The van der Waals surface area contributed by atoms with E-state index in [1.807, 2.05) is 23.9 Å². The molecule has 2 atom stereocenters. The van der Waals surface area contributed by atoms with E-state index in [0.717, 1.165) is 36.7 Å². The first-order valence-electron chi connectivity index (χ1n) is 7.14. The standard InChI is InChI=1S/C16H24O2S/c1-12(2)10-19-11-14(17)9-13-7-8-18-16-6-4-3-5-15(13)16/h3-6,12-14,17H,7-11H2,1-2H3. The number of fused-ring (bicyclic) bond motifs is 1. The van der Waals surface area contributed by atoms with Crippen molar-refractivity contribution in [3.05, 3.63) is 29.8 Å². The van der Waals surface area contributed by atoms with E-state index in [1.165, 1.54) is 5.56 Å². The number of para-hydroxylation sites is 1. The van der Waals surface area contributed by atoms with Crippen LogP contribution in [-0.2, 0) is 0 Å². The summed E-state index contributed by atoms with van der Waals surface area (Å²) in [6.07, 6.45) is 1.66. The lowest BCUT2D eigenvalue weighted by Crippen LogP contribution is -2.21. The maximum Gasteiger partial charge on any atom is 0.122 e. The lowest BCUT2D eigenvalue weighted by molar-refractivity contribution is 0.164. The van der Waals surface area contributed by atoms with Crippen molar-refractivity contribution >= 4 is 11.8 Å². The summed E-state index contributed by atoms with van der Waals surface area (Å²) in [5.74, 6) is 4.11. The van der Waals surface area contributed by atoms with Gasteiger partial charge in [-0.05, 0) is 42.1 Å². The van der Waals surface area contributed by atoms with Gasteiger partial charge in [-0.2, -0.15) is 11.8 Å². The zero-order valence-corrected chi connectivity index (χ0v) is 12.7. The number of rotatable bonds is 6. The molecule has 1 aliphatic heterocycles. The van der Waals surface area contributed by atoms with Crippen LogP contribution < -0.4 is 4.74 Å². The molecular weight excluding hydrogens is 256 g/mol. The van der Waals surface area contributed by atoms with Crippen LogP contribution in [0.25, 0.3) is 0 Å². The van der Waals surface area contributed by atoms with E-state index in [2.05, 4.69) is 26.0 Å². The van der Waals surface area contributed by atoms with E-state index in [4.69, 9.17) is 4.74 Å². The van der Waals surface area contributed by atoms with Gasteiger partial charge in [0.15, 0.2) is 0 Å². The monoisotopic (exact) mass is 280 g/mol. The zero-order valence-electron chi connectivity index (χ0n) is 11.8. The Labute approximate surface area is 120 Å². The number of thioether (sulfide) groups is 1. The van der Waals surface area contributed by atoms with Crippen molar-refractivity contribution in [3.63, 3.8) is 0 Å². The van der Waals surface area contributed by atoms with Crippen LogP contribution in [0, 0.1) is 5.92 Å². The first kappa shape index (κ1) is 14.7. The van der Waals surface area contributed by atoms with Crippen LogP contribution >= 0.6 is 11.8 Å². The van der Waals surface area contributed by atoms with Crippen molar-refractivity contribution in [2.75, 3.05) is 18.1 Å². The highest BCUT2D eigenvalue weighted by atomic mass is 32.2. The molecular formula is C16H24O2S. The van der Waals surface area contributed by atoms with Crippen molar-refractivity contribution in [2.45, 2.75) is 38.7 Å². The fraction of sp³-hybridized carbons (Fsp3) is 0.625. The fourth-order valence-corrected chi connectivity index (χ4v) is 3.51. The second-order valence-electron chi connectivity index (χ2n) is 5.69. The Morgan fingerprint density at radius 2 is 2.11 bits per heavy atom. The first-order chi connectivity index (χ1) is 9.16. The molecule has 0 saturated carbocycles. The summed E-state index contributed by atoms with van der Waals surface area (Å²) < 4.78 is 5.66. The largest absolute Gasteiger partial charge is 0.493 e. The predicted octanol–water partition coefficient (Wildman–Crippen LogP) is 3.69. The van der Waals surface area contributed by atoms with Gasteiger partial charge in [-0.15, -0.1) is 0 Å². The van der Waals surface area contributed by atoms with Crippen LogP contribution in [0.1, 0.15) is 38.2 Å². The lowest BCUT2D eigenvalue weighted by Gasteiger charge is -2.27. The Morgan fingerprint density at radius 3 is 2.89 bits per heavy atom. The molecule has 2 nitrogen and oxygen atoms in total. The summed E-state index contributed by atoms with van der Waals surface area (Å²) in [5.41, 5.74) is 1.27. The maximum atomic E-state index is 10.2. The van der Waals surface area contributed by atoms with Crippen molar-refractivity contribution in [2.24, 2.45) is 5.92 Å². The molecule has 3 heteroatoms. The van der Waals surface area contributed by atoms with Crippen molar-refractivity contribution < 1.29 is 9.84 Å². The summed E-state index contributed by atoms with van der Waals surface area (Å²) in [5, 5.41) is 10.2. The number of aliphatic hydroxyl groups excluding tert-OH is 1. The lowest BCUT2D eigenvalue weighted by atomic mass is 9.88. The Kier molecular flexibility index (Phi) is 5.59. The SMILES string of the molecule is CC(C)CSCC(O)CC1CCOc2ccccc21. The smallest absolute Gasteiger partial charge is 0.122 e.